The highest BCUT2D eigenvalue weighted by molar-refractivity contribution is 5.29. The van der Waals surface area contributed by atoms with Crippen LogP contribution in [0.25, 0.3) is 0 Å². The lowest BCUT2D eigenvalue weighted by molar-refractivity contribution is 0.306. The average molecular weight is 225 g/mol. The molecule has 0 atom stereocenters. The minimum absolute atomic E-state index is 0.482. The van der Waals surface area contributed by atoms with E-state index in [1.54, 1.807) is 0 Å². The van der Waals surface area contributed by atoms with Crippen LogP contribution in [0.1, 0.15) is 30.9 Å². The summed E-state index contributed by atoms with van der Waals surface area (Å²) in [4.78, 5) is 0. The van der Waals surface area contributed by atoms with Crippen LogP contribution >= 0.6 is 0 Å². The van der Waals surface area contributed by atoms with Crippen molar-refractivity contribution in [3.05, 3.63) is 65.7 Å². The molecule has 0 unspecified atom stereocenters. The molecule has 2 aromatic rings. The van der Waals surface area contributed by atoms with Crippen molar-refractivity contribution >= 4 is 0 Å². The van der Waals surface area contributed by atoms with Crippen molar-refractivity contribution in [2.45, 2.75) is 26.4 Å². The Morgan fingerprint density at radius 1 is 1.12 bits per heavy atom. The first-order valence-corrected chi connectivity index (χ1v) is 5.94. The third kappa shape index (κ3) is 3.35. The topological polar surface area (TPSA) is 9.23 Å². The van der Waals surface area contributed by atoms with Gasteiger partial charge in [0.2, 0.25) is 0 Å². The Morgan fingerprint density at radius 2 is 1.88 bits per heavy atom. The van der Waals surface area contributed by atoms with Gasteiger partial charge in [0.25, 0.3) is 0 Å². The summed E-state index contributed by atoms with van der Waals surface area (Å²) in [6, 6.07) is 19.4. The molecule has 0 N–H and O–H groups in total. The molecule has 0 bridgehead atoms. The van der Waals surface area contributed by atoms with E-state index < -0.39 is 0 Å². The molecule has 0 saturated heterocycles. The van der Waals surface area contributed by atoms with Gasteiger partial charge in [-0.1, -0.05) is 50.2 Å². The van der Waals surface area contributed by atoms with Crippen LogP contribution in [0.15, 0.2) is 48.5 Å². The molecule has 2 aromatic carbocycles. The third-order valence-corrected chi connectivity index (χ3v) is 2.67. The average Bonchev–Trinajstić information content (AvgIpc) is 2.38. The second-order valence-electron chi connectivity index (χ2n) is 4.41. The van der Waals surface area contributed by atoms with E-state index in [2.05, 4.69) is 38.1 Å². The molecule has 17 heavy (non-hydrogen) atoms. The summed E-state index contributed by atoms with van der Waals surface area (Å²) in [6.45, 7) is 4.93. The van der Waals surface area contributed by atoms with Gasteiger partial charge in [0.05, 0.1) is 0 Å². The van der Waals surface area contributed by atoms with Crippen molar-refractivity contribution < 1.29 is 4.74 Å². The van der Waals surface area contributed by atoms with Crippen molar-refractivity contribution in [2.75, 3.05) is 0 Å². The van der Waals surface area contributed by atoms with Crippen molar-refractivity contribution in [3.63, 3.8) is 0 Å². The Hall–Kier alpha value is -1.76. The second-order valence-corrected chi connectivity index (χ2v) is 4.41. The first-order valence-electron chi connectivity index (χ1n) is 5.94. The zero-order valence-corrected chi connectivity index (χ0v) is 10.3. The van der Waals surface area contributed by atoms with E-state index in [9.17, 15) is 0 Å². The van der Waals surface area contributed by atoms with Crippen molar-refractivity contribution in [3.8, 4) is 5.75 Å². The zero-order valence-electron chi connectivity index (χ0n) is 10.3. The summed E-state index contributed by atoms with van der Waals surface area (Å²) in [7, 11) is 0. The summed E-state index contributed by atoms with van der Waals surface area (Å²) in [6.07, 6.45) is 0. The second kappa shape index (κ2) is 5.53. The lowest BCUT2D eigenvalue weighted by Crippen LogP contribution is -1.96. The van der Waals surface area contributed by atoms with E-state index in [0.717, 1.165) is 5.75 Å². The molecule has 0 aromatic heterocycles. The molecule has 0 saturated carbocycles. The van der Waals surface area contributed by atoms with Crippen molar-refractivity contribution in [1.82, 2.24) is 0 Å². The molecule has 87 valence electrons. The fraction of sp³-hybridized carbons (Fsp3) is 0.250. The fourth-order valence-corrected chi connectivity index (χ4v) is 1.63. The van der Waals surface area contributed by atoms with Crippen LogP contribution in [-0.2, 0) is 6.61 Å². The Bertz CT molecular complexity index is 460. The van der Waals surface area contributed by atoms with Gasteiger partial charge in [-0.3, -0.25) is 0 Å². The van der Waals surface area contributed by atoms with E-state index in [1.807, 2.05) is 30.3 Å². The number of benzene rings is 2. The molecule has 2 rings (SSSR count). The maximum absolute atomic E-state index is 5.76. The summed E-state index contributed by atoms with van der Waals surface area (Å²) in [5.41, 5.74) is 2.38. The molecule has 0 aliphatic carbocycles. The van der Waals surface area contributed by atoms with Gasteiger partial charge in [-0.05, 0) is 35.2 Å². The summed E-state index contributed by atoms with van der Waals surface area (Å²) < 4.78 is 5.76. The molecule has 0 heterocycles. The molecule has 0 spiro atoms. The first-order chi connectivity index (χ1) is 8.25. The number of ether oxygens (including phenoxy) is 1. The minimum Gasteiger partial charge on any atom is -0.489 e. The third-order valence-electron chi connectivity index (χ3n) is 2.67. The molecule has 1 heteroatoms. The highest BCUT2D eigenvalue weighted by Crippen LogP contribution is 2.20. The fourth-order valence-electron chi connectivity index (χ4n) is 1.63. The standard InChI is InChI=1S/C16H17O/c1-13(2)15-9-6-10-16(11-15)17-12-14-7-4-3-5-8-14/h3-8,10-11,13H,12H2,1-2H3. The lowest BCUT2D eigenvalue weighted by atomic mass is 10.0. The van der Waals surface area contributed by atoms with Gasteiger partial charge in [0.1, 0.15) is 12.4 Å². The molecule has 1 radical (unpaired) electrons. The number of hydrogen-bond donors (Lipinski definition) is 0. The minimum atomic E-state index is 0.482. The molecule has 0 aliphatic heterocycles. The number of hydrogen-bond acceptors (Lipinski definition) is 1. The van der Waals surface area contributed by atoms with Gasteiger partial charge < -0.3 is 4.74 Å². The molecule has 0 fully saturated rings. The zero-order chi connectivity index (χ0) is 12.1. The van der Waals surface area contributed by atoms with Gasteiger partial charge >= 0.3 is 0 Å². The molecular formula is C16H17O. The van der Waals surface area contributed by atoms with Crippen LogP contribution in [0, 0.1) is 6.07 Å². The lowest BCUT2D eigenvalue weighted by Gasteiger charge is -2.09. The first kappa shape index (κ1) is 11.7. The predicted molar refractivity (Wildman–Crippen MR) is 70.1 cm³/mol. The Morgan fingerprint density at radius 3 is 2.59 bits per heavy atom. The van der Waals surface area contributed by atoms with Gasteiger partial charge in [-0.2, -0.15) is 0 Å². The van der Waals surface area contributed by atoms with Gasteiger partial charge in [-0.25, -0.2) is 0 Å². The Balaban J connectivity index is 2.02. The highest BCUT2D eigenvalue weighted by Gasteiger charge is 2.01. The van der Waals surface area contributed by atoms with Crippen LogP contribution in [0.2, 0.25) is 0 Å². The van der Waals surface area contributed by atoms with Crippen molar-refractivity contribution in [1.29, 1.82) is 0 Å². The van der Waals surface area contributed by atoms with Crippen LogP contribution < -0.4 is 4.74 Å². The monoisotopic (exact) mass is 225 g/mol. The van der Waals surface area contributed by atoms with Gasteiger partial charge in [0, 0.05) is 0 Å². The normalized spacial score (nSPS) is 10.5. The SMILES string of the molecule is CC(C)c1[c]ccc(OCc2ccccc2)c1. The Kier molecular flexibility index (Phi) is 3.81. The van der Waals surface area contributed by atoms with Crippen LogP contribution in [0.3, 0.4) is 0 Å². The van der Waals surface area contributed by atoms with E-state index >= 15 is 0 Å². The smallest absolute Gasteiger partial charge is 0.120 e. The van der Waals surface area contributed by atoms with Gasteiger partial charge in [0.15, 0.2) is 0 Å². The summed E-state index contributed by atoms with van der Waals surface area (Å²) >= 11 is 0. The molecule has 0 amide bonds. The largest absolute Gasteiger partial charge is 0.489 e. The Labute approximate surface area is 103 Å². The quantitative estimate of drug-likeness (QED) is 0.758. The van der Waals surface area contributed by atoms with Crippen molar-refractivity contribution in [2.24, 2.45) is 0 Å². The molecule has 1 nitrogen and oxygen atoms in total. The van der Waals surface area contributed by atoms with E-state index in [0.29, 0.717) is 12.5 Å². The van der Waals surface area contributed by atoms with Crippen LogP contribution in [0.4, 0.5) is 0 Å². The maximum Gasteiger partial charge on any atom is 0.120 e. The van der Waals surface area contributed by atoms with E-state index in [4.69, 9.17) is 4.74 Å². The maximum atomic E-state index is 5.76. The number of rotatable bonds is 4. The molecular weight excluding hydrogens is 208 g/mol. The highest BCUT2D eigenvalue weighted by atomic mass is 16.5. The van der Waals surface area contributed by atoms with E-state index in [1.165, 1.54) is 11.1 Å². The molecule has 0 aliphatic rings. The van der Waals surface area contributed by atoms with Crippen LogP contribution in [-0.4, -0.2) is 0 Å². The summed E-state index contributed by atoms with van der Waals surface area (Å²) in [5.74, 6) is 1.39. The summed E-state index contributed by atoms with van der Waals surface area (Å²) in [5, 5.41) is 0. The van der Waals surface area contributed by atoms with Gasteiger partial charge in [-0.15, -0.1) is 0 Å². The van der Waals surface area contributed by atoms with E-state index in [-0.39, 0.29) is 0 Å². The predicted octanol–water partition coefficient (Wildman–Crippen LogP) is 4.19. The van der Waals surface area contributed by atoms with Crippen LogP contribution in [0.5, 0.6) is 5.75 Å².